The second-order valence-corrected chi connectivity index (χ2v) is 6.81. The second-order valence-electron chi connectivity index (χ2n) is 4.87. The lowest BCUT2D eigenvalue weighted by Gasteiger charge is -2.08. The van der Waals surface area contributed by atoms with Gasteiger partial charge in [-0.1, -0.05) is 29.8 Å². The number of sulfone groups is 1. The predicted octanol–water partition coefficient (Wildman–Crippen LogP) is 3.34. The van der Waals surface area contributed by atoms with Gasteiger partial charge < -0.3 is 4.74 Å². The van der Waals surface area contributed by atoms with Gasteiger partial charge in [0.05, 0.1) is 4.91 Å². The van der Waals surface area contributed by atoms with Crippen molar-refractivity contribution in [1.82, 2.24) is 0 Å². The van der Waals surface area contributed by atoms with Crippen molar-refractivity contribution in [2.75, 3.05) is 6.61 Å². The minimum atomic E-state index is -3.79. The van der Waals surface area contributed by atoms with E-state index in [1.54, 1.807) is 18.2 Å². The summed E-state index contributed by atoms with van der Waals surface area (Å²) < 4.78 is 43.8. The van der Waals surface area contributed by atoms with Crippen LogP contribution in [0.1, 0.15) is 11.1 Å². The molecule has 0 aliphatic carbocycles. The number of ether oxygens (including phenoxy) is 1. The molecular formula is C16H13FO3S. The summed E-state index contributed by atoms with van der Waals surface area (Å²) in [6.07, 6.45) is 1.46. The van der Waals surface area contributed by atoms with Crippen molar-refractivity contribution in [1.29, 1.82) is 0 Å². The quantitative estimate of drug-likeness (QED) is 0.873. The lowest BCUT2D eigenvalue weighted by atomic mass is 10.2. The first-order chi connectivity index (χ1) is 9.98. The van der Waals surface area contributed by atoms with Crippen LogP contribution in [0, 0.1) is 12.7 Å². The Balaban J connectivity index is 1.85. The fraction of sp³-hybridized carbons (Fsp3) is 0.125. The van der Waals surface area contributed by atoms with Crippen molar-refractivity contribution in [3.8, 4) is 5.75 Å². The Morgan fingerprint density at radius 2 is 1.81 bits per heavy atom. The molecule has 1 aliphatic rings. The number of benzene rings is 2. The van der Waals surface area contributed by atoms with E-state index < -0.39 is 15.7 Å². The molecule has 1 heterocycles. The summed E-state index contributed by atoms with van der Waals surface area (Å²) in [4.78, 5) is -0.185. The maximum Gasteiger partial charge on any atom is 0.209 e. The first kappa shape index (κ1) is 13.8. The lowest BCUT2D eigenvalue weighted by Crippen LogP contribution is -2.10. The third-order valence-electron chi connectivity index (χ3n) is 3.33. The average Bonchev–Trinajstić information content (AvgIpc) is 2.70. The summed E-state index contributed by atoms with van der Waals surface area (Å²) in [5, 5.41) is 0. The largest absolute Gasteiger partial charge is 0.488 e. The molecule has 0 atom stereocenters. The summed E-state index contributed by atoms with van der Waals surface area (Å²) in [6.45, 7) is 1.84. The Kier molecular flexibility index (Phi) is 3.29. The van der Waals surface area contributed by atoms with E-state index in [1.165, 1.54) is 12.1 Å². The van der Waals surface area contributed by atoms with Gasteiger partial charge in [0.25, 0.3) is 0 Å². The molecule has 2 aromatic rings. The maximum atomic E-state index is 13.7. The van der Waals surface area contributed by atoms with Crippen LogP contribution in [-0.2, 0) is 9.84 Å². The molecule has 0 unspecified atom stereocenters. The molecule has 0 aromatic heterocycles. The third-order valence-corrected chi connectivity index (χ3v) is 5.22. The molecule has 21 heavy (non-hydrogen) atoms. The molecule has 0 fully saturated rings. The molecule has 0 N–H and O–H groups in total. The van der Waals surface area contributed by atoms with Crippen LogP contribution in [-0.4, -0.2) is 15.0 Å². The van der Waals surface area contributed by atoms with Gasteiger partial charge in [-0.05, 0) is 36.8 Å². The van der Waals surface area contributed by atoms with Crippen molar-refractivity contribution >= 4 is 15.9 Å². The van der Waals surface area contributed by atoms with Crippen molar-refractivity contribution in [3.05, 3.63) is 64.3 Å². The zero-order valence-corrected chi connectivity index (χ0v) is 12.2. The van der Waals surface area contributed by atoms with Crippen molar-refractivity contribution < 1.29 is 17.5 Å². The molecule has 0 saturated carbocycles. The number of rotatable bonds is 3. The van der Waals surface area contributed by atoms with Gasteiger partial charge in [-0.2, -0.15) is 0 Å². The van der Waals surface area contributed by atoms with Gasteiger partial charge in [-0.3, -0.25) is 0 Å². The fourth-order valence-electron chi connectivity index (χ4n) is 2.21. The molecule has 0 amide bonds. The Bertz CT molecular complexity index is 821. The molecule has 5 heteroatoms. The summed E-state index contributed by atoms with van der Waals surface area (Å²) in [6, 6.07) is 11.5. The highest BCUT2D eigenvalue weighted by molar-refractivity contribution is 7.95. The average molecular weight is 304 g/mol. The van der Waals surface area contributed by atoms with Crippen LogP contribution in [0.4, 0.5) is 4.39 Å². The Morgan fingerprint density at radius 1 is 1.10 bits per heavy atom. The third kappa shape index (κ3) is 2.45. The predicted molar refractivity (Wildman–Crippen MR) is 78.2 cm³/mol. The van der Waals surface area contributed by atoms with Gasteiger partial charge in [-0.15, -0.1) is 0 Å². The highest BCUT2D eigenvalue weighted by atomic mass is 32.2. The van der Waals surface area contributed by atoms with Crippen LogP contribution in [0.2, 0.25) is 0 Å². The first-order valence-electron chi connectivity index (χ1n) is 6.42. The SMILES string of the molecule is Cc1ccc(OCC2=Cc3cccc(F)c3S2(=O)=O)cc1. The van der Waals surface area contributed by atoms with Crippen LogP contribution in [0.15, 0.2) is 52.3 Å². The number of fused-ring (bicyclic) bond motifs is 1. The van der Waals surface area contributed by atoms with Gasteiger partial charge >= 0.3 is 0 Å². The molecule has 2 aromatic carbocycles. The highest BCUT2D eigenvalue weighted by Crippen LogP contribution is 2.34. The van der Waals surface area contributed by atoms with E-state index in [-0.39, 0.29) is 16.4 Å². The van der Waals surface area contributed by atoms with Crippen molar-refractivity contribution in [3.63, 3.8) is 0 Å². The van der Waals surface area contributed by atoms with E-state index in [1.807, 2.05) is 19.1 Å². The minimum absolute atomic E-state index is 0.0724. The van der Waals surface area contributed by atoms with E-state index >= 15 is 0 Å². The van der Waals surface area contributed by atoms with E-state index in [0.717, 1.165) is 11.6 Å². The van der Waals surface area contributed by atoms with Gasteiger partial charge in [0.15, 0.2) is 0 Å². The van der Waals surface area contributed by atoms with E-state index in [4.69, 9.17) is 4.74 Å². The summed E-state index contributed by atoms with van der Waals surface area (Å²) >= 11 is 0. The number of aryl methyl sites for hydroxylation is 1. The summed E-state index contributed by atoms with van der Waals surface area (Å²) in [5.41, 5.74) is 1.46. The second kappa shape index (κ2) is 5.00. The normalized spacial score (nSPS) is 15.4. The Hall–Kier alpha value is -2.14. The van der Waals surface area contributed by atoms with Crippen molar-refractivity contribution in [2.45, 2.75) is 11.8 Å². The van der Waals surface area contributed by atoms with Crippen LogP contribution in [0.3, 0.4) is 0 Å². The molecule has 3 rings (SSSR count). The topological polar surface area (TPSA) is 43.4 Å². The van der Waals surface area contributed by atoms with Gasteiger partial charge in [0, 0.05) is 0 Å². The smallest absolute Gasteiger partial charge is 0.209 e. The minimum Gasteiger partial charge on any atom is -0.488 e. The Morgan fingerprint density at radius 3 is 2.48 bits per heavy atom. The summed E-state index contributed by atoms with van der Waals surface area (Å²) in [7, 11) is -3.79. The molecule has 108 valence electrons. The van der Waals surface area contributed by atoms with Crippen molar-refractivity contribution in [2.24, 2.45) is 0 Å². The zero-order chi connectivity index (χ0) is 15.0. The molecule has 0 spiro atoms. The summed E-state index contributed by atoms with van der Waals surface area (Å²) in [5.74, 6) is -0.151. The molecular weight excluding hydrogens is 291 g/mol. The molecule has 3 nitrogen and oxygen atoms in total. The first-order valence-corrected chi connectivity index (χ1v) is 7.90. The van der Waals surface area contributed by atoms with E-state index in [9.17, 15) is 12.8 Å². The monoisotopic (exact) mass is 304 g/mol. The number of hydrogen-bond donors (Lipinski definition) is 0. The maximum absolute atomic E-state index is 13.7. The zero-order valence-electron chi connectivity index (χ0n) is 11.3. The van der Waals surface area contributed by atoms with Crippen LogP contribution >= 0.6 is 0 Å². The van der Waals surface area contributed by atoms with Crippen LogP contribution in [0.5, 0.6) is 5.75 Å². The molecule has 1 aliphatic heterocycles. The van der Waals surface area contributed by atoms with E-state index in [2.05, 4.69) is 0 Å². The number of halogens is 1. The molecule has 0 bridgehead atoms. The number of hydrogen-bond acceptors (Lipinski definition) is 3. The highest BCUT2D eigenvalue weighted by Gasteiger charge is 2.32. The molecule has 0 saturated heterocycles. The Labute approximate surface area is 122 Å². The van der Waals surface area contributed by atoms with Crippen LogP contribution in [0.25, 0.3) is 6.08 Å². The van der Waals surface area contributed by atoms with Gasteiger partial charge in [0.1, 0.15) is 23.1 Å². The van der Waals surface area contributed by atoms with Gasteiger partial charge in [-0.25, -0.2) is 12.8 Å². The fourth-order valence-corrected chi connectivity index (χ4v) is 3.73. The van der Waals surface area contributed by atoms with Crippen LogP contribution < -0.4 is 4.74 Å². The van der Waals surface area contributed by atoms with E-state index in [0.29, 0.717) is 11.3 Å². The van der Waals surface area contributed by atoms with Gasteiger partial charge in [0.2, 0.25) is 9.84 Å². The lowest BCUT2D eigenvalue weighted by molar-refractivity contribution is 0.359. The molecule has 0 radical (unpaired) electrons. The standard InChI is InChI=1S/C16H13FO3S/c1-11-5-7-13(8-6-11)20-10-14-9-12-3-2-4-15(17)16(12)21(14,18)19/h2-9H,10H2,1H3.